The lowest BCUT2D eigenvalue weighted by Gasteiger charge is -2.16. The van der Waals surface area contributed by atoms with Crippen molar-refractivity contribution in [1.82, 2.24) is 0 Å². The number of hydrogen-bond donors (Lipinski definition) is 1. The number of alkyl halides is 1. The Labute approximate surface area is 109 Å². The van der Waals surface area contributed by atoms with Gasteiger partial charge in [0.15, 0.2) is 0 Å². The fraction of sp³-hybridized carbons (Fsp3) is 0.500. The third kappa shape index (κ3) is 4.46. The highest BCUT2D eigenvalue weighted by atomic mass is 35.5. The van der Waals surface area contributed by atoms with Crippen molar-refractivity contribution in [2.75, 3.05) is 6.61 Å². The summed E-state index contributed by atoms with van der Waals surface area (Å²) in [7, 11) is -0.959. The lowest BCUT2D eigenvalue weighted by molar-refractivity contribution is 0.287. The number of rotatable bonds is 6. The van der Waals surface area contributed by atoms with Crippen molar-refractivity contribution in [3.8, 4) is 0 Å². The second-order valence-corrected chi connectivity index (χ2v) is 8.68. The molecule has 2 unspecified atom stereocenters. The number of aliphatic hydroxyl groups is 1. The van der Waals surface area contributed by atoms with Gasteiger partial charge in [-0.2, -0.15) is 0 Å². The largest absolute Gasteiger partial charge is 0.396 e. The van der Waals surface area contributed by atoms with Crippen LogP contribution in [0.2, 0.25) is 17.6 Å². The predicted molar refractivity (Wildman–Crippen MR) is 74.2 cm³/mol. The Morgan fingerprint density at radius 1 is 1.25 bits per heavy atom. The zero-order valence-electron chi connectivity index (χ0n) is 9.50. The van der Waals surface area contributed by atoms with E-state index < -0.39 is 8.80 Å². The predicted octanol–water partition coefficient (Wildman–Crippen LogP) is 3.79. The maximum absolute atomic E-state index is 8.73. The van der Waals surface area contributed by atoms with Gasteiger partial charge in [-0.05, 0) is 24.1 Å². The smallest absolute Gasteiger partial charge is 0.0605 e. The van der Waals surface area contributed by atoms with E-state index in [0.717, 1.165) is 17.9 Å². The number of aliphatic hydroxyl groups excluding tert-OH is 1. The molecular weight excluding hydrogens is 259 g/mol. The second-order valence-electron chi connectivity index (χ2n) is 4.15. The van der Waals surface area contributed by atoms with E-state index in [0.29, 0.717) is 0 Å². The Balaban J connectivity index is 2.49. The first-order valence-electron chi connectivity index (χ1n) is 5.65. The molecule has 1 aromatic carbocycles. The highest BCUT2D eigenvalue weighted by Gasteiger charge is 2.17. The highest BCUT2D eigenvalue weighted by molar-refractivity contribution is 6.68. The monoisotopic (exact) mass is 276 g/mol. The third-order valence-electron chi connectivity index (χ3n) is 2.76. The molecule has 1 N–H and O–H groups in total. The molecule has 16 heavy (non-hydrogen) atoms. The van der Waals surface area contributed by atoms with E-state index in [1.165, 1.54) is 11.6 Å². The van der Waals surface area contributed by atoms with Crippen molar-refractivity contribution in [3.63, 3.8) is 0 Å². The van der Waals surface area contributed by atoms with Crippen LogP contribution in [0.25, 0.3) is 0 Å². The summed E-state index contributed by atoms with van der Waals surface area (Å²) in [4.78, 5) is 0. The Morgan fingerprint density at radius 2 is 1.88 bits per heavy atom. The summed E-state index contributed by atoms with van der Waals surface area (Å²) in [5.74, 6) is 0. The summed E-state index contributed by atoms with van der Waals surface area (Å²) in [5, 5.41) is 9.65. The zero-order chi connectivity index (χ0) is 12.0. The molecule has 0 bridgehead atoms. The van der Waals surface area contributed by atoms with Gasteiger partial charge >= 0.3 is 0 Å². The van der Waals surface area contributed by atoms with E-state index in [-0.39, 0.29) is 11.6 Å². The maximum Gasteiger partial charge on any atom is 0.0605 e. The molecule has 0 aromatic heterocycles. The average molecular weight is 277 g/mol. The molecule has 0 spiro atoms. The molecule has 0 fully saturated rings. The van der Waals surface area contributed by atoms with Crippen LogP contribution in [0.1, 0.15) is 23.4 Å². The van der Waals surface area contributed by atoms with Gasteiger partial charge in [-0.3, -0.25) is 0 Å². The summed E-state index contributed by atoms with van der Waals surface area (Å²) >= 11 is 12.3. The van der Waals surface area contributed by atoms with E-state index in [9.17, 15) is 0 Å². The Hall–Kier alpha value is -0.0231. The van der Waals surface area contributed by atoms with Gasteiger partial charge in [0, 0.05) is 16.6 Å². The quantitative estimate of drug-likeness (QED) is 0.476. The lowest BCUT2D eigenvalue weighted by atomic mass is 10.2. The van der Waals surface area contributed by atoms with Gasteiger partial charge in [0.2, 0.25) is 0 Å². The topological polar surface area (TPSA) is 20.2 Å². The summed E-state index contributed by atoms with van der Waals surface area (Å²) in [6, 6.07) is 8.98. The van der Waals surface area contributed by atoms with E-state index >= 15 is 0 Å². The van der Waals surface area contributed by atoms with Crippen molar-refractivity contribution < 1.29 is 5.11 Å². The first-order chi connectivity index (χ1) is 7.65. The van der Waals surface area contributed by atoms with Gasteiger partial charge in [-0.15, -0.1) is 11.6 Å². The zero-order valence-corrected chi connectivity index (χ0v) is 12.2. The molecule has 0 amide bonds. The maximum atomic E-state index is 8.73. The molecule has 1 aromatic rings. The first kappa shape index (κ1) is 14.0. The lowest BCUT2D eigenvalue weighted by Crippen LogP contribution is -2.15. The molecule has 0 heterocycles. The minimum Gasteiger partial charge on any atom is -0.396 e. The molecule has 0 radical (unpaired) electrons. The van der Waals surface area contributed by atoms with E-state index in [4.69, 9.17) is 28.3 Å². The average Bonchev–Trinajstić information content (AvgIpc) is 2.29. The molecule has 0 saturated carbocycles. The van der Waals surface area contributed by atoms with E-state index in [1.54, 1.807) is 0 Å². The van der Waals surface area contributed by atoms with Crippen molar-refractivity contribution in [3.05, 3.63) is 34.9 Å². The van der Waals surface area contributed by atoms with E-state index in [2.05, 4.69) is 6.55 Å². The van der Waals surface area contributed by atoms with Crippen molar-refractivity contribution in [2.24, 2.45) is 0 Å². The third-order valence-corrected chi connectivity index (χ3v) is 7.25. The van der Waals surface area contributed by atoms with Crippen LogP contribution in [0, 0.1) is 0 Å². The standard InChI is InChI=1S/C12H18Cl2OSi/c1-16(9-3-2-8-15)12(14)10-4-6-11(13)7-5-10/h4-7,12,15-16H,2-3,8-9H2,1H3. The van der Waals surface area contributed by atoms with Crippen LogP contribution < -0.4 is 0 Å². The van der Waals surface area contributed by atoms with Crippen LogP contribution in [0.4, 0.5) is 0 Å². The van der Waals surface area contributed by atoms with Gasteiger partial charge in [0.05, 0.1) is 8.80 Å². The van der Waals surface area contributed by atoms with Gasteiger partial charge in [0.25, 0.3) is 0 Å². The van der Waals surface area contributed by atoms with E-state index in [1.807, 2.05) is 24.3 Å². The van der Waals surface area contributed by atoms with Gasteiger partial charge in [-0.25, -0.2) is 0 Å². The van der Waals surface area contributed by atoms with Crippen molar-refractivity contribution in [1.29, 1.82) is 0 Å². The SMILES string of the molecule is C[SiH](CCCCO)C(Cl)c1ccc(Cl)cc1. The molecule has 4 heteroatoms. The molecule has 90 valence electrons. The number of halogens is 2. The number of unbranched alkanes of at least 4 members (excludes halogenated alkanes) is 1. The summed E-state index contributed by atoms with van der Waals surface area (Å²) in [6.45, 7) is 2.57. The Kier molecular flexibility index (Phi) is 6.43. The molecule has 0 aliphatic heterocycles. The molecule has 1 rings (SSSR count). The van der Waals surface area contributed by atoms with Gasteiger partial charge in [-0.1, -0.05) is 42.7 Å². The minimum atomic E-state index is -0.959. The van der Waals surface area contributed by atoms with Crippen LogP contribution in [0.5, 0.6) is 0 Å². The molecule has 1 nitrogen and oxygen atoms in total. The molecule has 0 aliphatic rings. The molecule has 0 aliphatic carbocycles. The molecular formula is C12H18Cl2OSi. The molecule has 0 saturated heterocycles. The van der Waals surface area contributed by atoms with Crippen molar-refractivity contribution >= 4 is 32.0 Å². The molecule has 2 atom stereocenters. The highest BCUT2D eigenvalue weighted by Crippen LogP contribution is 2.27. The second kappa shape index (κ2) is 7.33. The summed E-state index contributed by atoms with van der Waals surface area (Å²) < 4.78 is 0. The van der Waals surface area contributed by atoms with Gasteiger partial charge in [0.1, 0.15) is 0 Å². The van der Waals surface area contributed by atoms with Crippen LogP contribution in [0.15, 0.2) is 24.3 Å². The van der Waals surface area contributed by atoms with Crippen LogP contribution in [0.3, 0.4) is 0 Å². The fourth-order valence-electron chi connectivity index (χ4n) is 1.70. The fourth-order valence-corrected chi connectivity index (χ4v) is 4.45. The minimum absolute atomic E-state index is 0.163. The number of benzene rings is 1. The van der Waals surface area contributed by atoms with Crippen molar-refractivity contribution in [2.45, 2.75) is 30.4 Å². The summed E-state index contributed by atoms with van der Waals surface area (Å²) in [6.07, 6.45) is 1.97. The van der Waals surface area contributed by atoms with Crippen LogP contribution in [-0.4, -0.2) is 20.5 Å². The normalized spacial score (nSPS) is 14.8. The van der Waals surface area contributed by atoms with Crippen LogP contribution in [-0.2, 0) is 0 Å². The van der Waals surface area contributed by atoms with Crippen LogP contribution >= 0.6 is 23.2 Å². The number of hydrogen-bond acceptors (Lipinski definition) is 1. The first-order valence-corrected chi connectivity index (χ1v) is 9.10. The van der Waals surface area contributed by atoms with Gasteiger partial charge < -0.3 is 5.11 Å². The Bertz CT molecular complexity index is 302. The Morgan fingerprint density at radius 3 is 2.44 bits per heavy atom. The summed E-state index contributed by atoms with van der Waals surface area (Å²) in [5.41, 5.74) is 1.18.